The van der Waals surface area contributed by atoms with Crippen LogP contribution in [0.25, 0.3) is 0 Å². The Bertz CT molecular complexity index is 326. The highest BCUT2D eigenvalue weighted by molar-refractivity contribution is 9.10. The van der Waals surface area contributed by atoms with Gasteiger partial charge in [-0.25, -0.2) is 0 Å². The molecule has 1 aromatic carbocycles. The molecular formula is C11H14BrF2N. The van der Waals surface area contributed by atoms with Gasteiger partial charge < -0.3 is 5.32 Å². The summed E-state index contributed by atoms with van der Waals surface area (Å²) >= 11 is 3.13. The Hall–Kier alpha value is -0.480. The second-order valence-electron chi connectivity index (χ2n) is 3.72. The molecule has 0 aliphatic heterocycles. The molecule has 0 saturated carbocycles. The molecule has 0 amide bonds. The largest absolute Gasteiger partial charge is 0.309 e. The van der Waals surface area contributed by atoms with Gasteiger partial charge in [-0.15, -0.1) is 0 Å². The van der Waals surface area contributed by atoms with Crippen molar-refractivity contribution in [2.75, 3.05) is 6.54 Å². The van der Waals surface area contributed by atoms with Crippen molar-refractivity contribution in [1.82, 2.24) is 5.32 Å². The van der Waals surface area contributed by atoms with Gasteiger partial charge in [0.15, 0.2) is 0 Å². The Labute approximate surface area is 97.0 Å². The predicted octanol–water partition coefficient (Wildman–Crippen LogP) is 3.54. The zero-order valence-corrected chi connectivity index (χ0v) is 10.3. The second-order valence-corrected chi connectivity index (χ2v) is 4.57. The second kappa shape index (κ2) is 5.03. The van der Waals surface area contributed by atoms with Crippen LogP contribution in [0.5, 0.6) is 0 Å². The summed E-state index contributed by atoms with van der Waals surface area (Å²) in [6, 6.07) is 6.45. The molecule has 84 valence electrons. The van der Waals surface area contributed by atoms with Gasteiger partial charge in [-0.2, -0.15) is 8.78 Å². The molecule has 0 saturated heterocycles. The Morgan fingerprint density at radius 3 is 2.47 bits per heavy atom. The van der Waals surface area contributed by atoms with Crippen molar-refractivity contribution in [3.8, 4) is 0 Å². The van der Waals surface area contributed by atoms with Crippen molar-refractivity contribution in [1.29, 1.82) is 0 Å². The van der Waals surface area contributed by atoms with E-state index in [9.17, 15) is 8.78 Å². The lowest BCUT2D eigenvalue weighted by Gasteiger charge is -2.20. The fourth-order valence-corrected chi connectivity index (χ4v) is 1.76. The third-order valence-electron chi connectivity index (χ3n) is 2.00. The highest BCUT2D eigenvalue weighted by Crippen LogP contribution is 2.32. The topological polar surface area (TPSA) is 12.0 Å². The Morgan fingerprint density at radius 2 is 1.93 bits per heavy atom. The fraction of sp³-hybridized carbons (Fsp3) is 0.455. The van der Waals surface area contributed by atoms with Gasteiger partial charge in [-0.3, -0.25) is 0 Å². The summed E-state index contributed by atoms with van der Waals surface area (Å²) in [5.41, 5.74) is 0.0261. The zero-order valence-electron chi connectivity index (χ0n) is 8.73. The normalized spacial score (nSPS) is 12.1. The summed E-state index contributed by atoms with van der Waals surface area (Å²) in [5, 5.41) is 2.74. The van der Waals surface area contributed by atoms with E-state index in [-0.39, 0.29) is 18.2 Å². The molecule has 15 heavy (non-hydrogen) atoms. The van der Waals surface area contributed by atoms with Gasteiger partial charge in [0.25, 0.3) is 5.92 Å². The average molecular weight is 278 g/mol. The molecule has 0 spiro atoms. The molecule has 0 aromatic heterocycles. The maximum Gasteiger partial charge on any atom is 0.286 e. The minimum atomic E-state index is -2.84. The maximum absolute atomic E-state index is 13.7. The molecule has 1 aromatic rings. The number of nitrogens with one attached hydrogen (secondary N) is 1. The van der Waals surface area contributed by atoms with Crippen molar-refractivity contribution in [3.63, 3.8) is 0 Å². The van der Waals surface area contributed by atoms with E-state index in [1.54, 1.807) is 18.2 Å². The summed E-state index contributed by atoms with van der Waals surface area (Å²) in [6.45, 7) is 3.35. The van der Waals surface area contributed by atoms with Crippen LogP contribution in [0.15, 0.2) is 28.7 Å². The molecule has 0 heterocycles. The lowest BCUT2D eigenvalue weighted by Crippen LogP contribution is -2.35. The first-order chi connectivity index (χ1) is 6.93. The standard InChI is InChI=1S/C11H14BrF2N/c1-8(2)15-7-11(13,14)9-5-3-4-6-10(9)12/h3-6,8,15H,7H2,1-2H3. The minimum Gasteiger partial charge on any atom is -0.309 e. The summed E-state index contributed by atoms with van der Waals surface area (Å²) in [6.07, 6.45) is 0. The minimum absolute atomic E-state index is 0.0261. The van der Waals surface area contributed by atoms with Crippen LogP contribution < -0.4 is 5.32 Å². The molecule has 0 aliphatic rings. The molecule has 1 rings (SSSR count). The van der Waals surface area contributed by atoms with Crippen LogP contribution >= 0.6 is 15.9 Å². The van der Waals surface area contributed by atoms with E-state index < -0.39 is 5.92 Å². The number of rotatable bonds is 4. The molecule has 0 aliphatic carbocycles. The highest BCUT2D eigenvalue weighted by Gasteiger charge is 2.32. The van der Waals surface area contributed by atoms with Crippen molar-refractivity contribution in [3.05, 3.63) is 34.3 Å². The van der Waals surface area contributed by atoms with Crippen LogP contribution in [0.1, 0.15) is 19.4 Å². The first-order valence-electron chi connectivity index (χ1n) is 4.79. The smallest absolute Gasteiger partial charge is 0.286 e. The molecule has 1 N–H and O–H groups in total. The molecule has 0 fully saturated rings. The third kappa shape index (κ3) is 3.54. The monoisotopic (exact) mass is 277 g/mol. The quantitative estimate of drug-likeness (QED) is 0.888. The van der Waals surface area contributed by atoms with Gasteiger partial charge >= 0.3 is 0 Å². The molecule has 1 nitrogen and oxygen atoms in total. The Balaban J connectivity index is 2.81. The van der Waals surface area contributed by atoms with Gasteiger partial charge in [0.05, 0.1) is 6.54 Å². The van der Waals surface area contributed by atoms with Gasteiger partial charge in [-0.05, 0) is 6.07 Å². The average Bonchev–Trinajstić information content (AvgIpc) is 2.15. The van der Waals surface area contributed by atoms with Crippen LogP contribution in [-0.4, -0.2) is 12.6 Å². The lowest BCUT2D eigenvalue weighted by atomic mass is 10.1. The summed E-state index contributed by atoms with van der Waals surface area (Å²) in [7, 11) is 0. The zero-order chi connectivity index (χ0) is 11.5. The molecule has 0 atom stereocenters. The SMILES string of the molecule is CC(C)NCC(F)(F)c1ccccc1Br. The number of alkyl halides is 2. The van der Waals surface area contributed by atoms with E-state index in [1.165, 1.54) is 6.07 Å². The molecule has 0 radical (unpaired) electrons. The summed E-state index contributed by atoms with van der Waals surface area (Å²) in [4.78, 5) is 0. The van der Waals surface area contributed by atoms with Crippen molar-refractivity contribution >= 4 is 15.9 Å². The van der Waals surface area contributed by atoms with Crippen molar-refractivity contribution < 1.29 is 8.78 Å². The fourth-order valence-electron chi connectivity index (χ4n) is 1.19. The van der Waals surface area contributed by atoms with Crippen molar-refractivity contribution in [2.24, 2.45) is 0 Å². The number of halogens is 3. The molecular weight excluding hydrogens is 264 g/mol. The van der Waals surface area contributed by atoms with Gasteiger partial charge in [-0.1, -0.05) is 48.0 Å². The van der Waals surface area contributed by atoms with E-state index in [0.29, 0.717) is 4.47 Å². The molecule has 0 bridgehead atoms. The number of hydrogen-bond donors (Lipinski definition) is 1. The van der Waals surface area contributed by atoms with Crippen LogP contribution in [0.4, 0.5) is 8.78 Å². The third-order valence-corrected chi connectivity index (χ3v) is 2.69. The van der Waals surface area contributed by atoms with Gasteiger partial charge in [0, 0.05) is 16.1 Å². The Morgan fingerprint density at radius 1 is 1.33 bits per heavy atom. The maximum atomic E-state index is 13.7. The van der Waals surface area contributed by atoms with Crippen LogP contribution in [-0.2, 0) is 5.92 Å². The number of benzene rings is 1. The first-order valence-corrected chi connectivity index (χ1v) is 5.59. The Kier molecular flexibility index (Phi) is 4.22. The molecule has 0 unspecified atom stereocenters. The van der Waals surface area contributed by atoms with E-state index in [2.05, 4.69) is 21.2 Å². The van der Waals surface area contributed by atoms with Gasteiger partial charge in [0.2, 0.25) is 0 Å². The van der Waals surface area contributed by atoms with Gasteiger partial charge in [0.1, 0.15) is 0 Å². The summed E-state index contributed by atoms with van der Waals surface area (Å²) < 4.78 is 27.8. The molecule has 4 heteroatoms. The predicted molar refractivity (Wildman–Crippen MR) is 61.2 cm³/mol. The lowest BCUT2D eigenvalue weighted by molar-refractivity contribution is -0.00555. The summed E-state index contributed by atoms with van der Waals surface area (Å²) in [5.74, 6) is -2.84. The van der Waals surface area contributed by atoms with E-state index >= 15 is 0 Å². The van der Waals surface area contributed by atoms with Crippen molar-refractivity contribution in [2.45, 2.75) is 25.8 Å². The van der Waals surface area contributed by atoms with E-state index in [4.69, 9.17) is 0 Å². The number of hydrogen-bond acceptors (Lipinski definition) is 1. The van der Waals surface area contributed by atoms with E-state index in [1.807, 2.05) is 13.8 Å². The highest BCUT2D eigenvalue weighted by atomic mass is 79.9. The first kappa shape index (κ1) is 12.6. The van der Waals surface area contributed by atoms with Crippen LogP contribution in [0, 0.1) is 0 Å². The van der Waals surface area contributed by atoms with Crippen LogP contribution in [0.2, 0.25) is 0 Å². The van der Waals surface area contributed by atoms with Crippen LogP contribution in [0.3, 0.4) is 0 Å². The van der Waals surface area contributed by atoms with E-state index in [0.717, 1.165) is 0 Å².